The second-order valence-corrected chi connectivity index (χ2v) is 5.02. The van der Waals surface area contributed by atoms with Gasteiger partial charge in [-0.15, -0.1) is 5.10 Å². The molecule has 0 saturated heterocycles. The minimum absolute atomic E-state index is 0.0845. The van der Waals surface area contributed by atoms with Crippen LogP contribution in [-0.4, -0.2) is 38.8 Å². The van der Waals surface area contributed by atoms with Gasteiger partial charge >= 0.3 is 0 Å². The first-order valence-electron chi connectivity index (χ1n) is 5.73. The number of hydrogen-bond acceptors (Lipinski definition) is 4. The second kappa shape index (κ2) is 5.27. The maximum atomic E-state index is 11.7. The van der Waals surface area contributed by atoms with Crippen LogP contribution < -0.4 is 5.32 Å². The van der Waals surface area contributed by atoms with E-state index in [9.17, 15) is 4.79 Å². The first-order valence-corrected chi connectivity index (χ1v) is 5.73. The summed E-state index contributed by atoms with van der Waals surface area (Å²) in [6.07, 6.45) is 0.665. The molecule has 0 aliphatic heterocycles. The molecule has 3 N–H and O–H groups in total. The third-order valence-electron chi connectivity index (χ3n) is 2.45. The Morgan fingerprint density at radius 3 is 2.59 bits per heavy atom. The number of nitrogens with zero attached hydrogens (tertiary/aromatic N) is 2. The van der Waals surface area contributed by atoms with Crippen molar-refractivity contribution >= 4 is 5.91 Å². The zero-order chi connectivity index (χ0) is 13.1. The largest absolute Gasteiger partial charge is 0.394 e. The number of rotatable bonds is 4. The van der Waals surface area contributed by atoms with Crippen LogP contribution in [0.15, 0.2) is 0 Å². The molecule has 0 spiro atoms. The van der Waals surface area contributed by atoms with Crippen LogP contribution in [0.4, 0.5) is 0 Å². The Morgan fingerprint density at radius 1 is 1.53 bits per heavy atom. The third kappa shape index (κ3) is 3.52. The lowest BCUT2D eigenvalue weighted by molar-refractivity contribution is 0.0904. The Morgan fingerprint density at radius 2 is 2.18 bits per heavy atom. The summed E-state index contributed by atoms with van der Waals surface area (Å²) in [4.78, 5) is 15.9. The minimum atomic E-state index is -0.363. The molecule has 0 saturated carbocycles. The lowest BCUT2D eigenvalue weighted by Gasteiger charge is -2.13. The molecule has 17 heavy (non-hydrogen) atoms. The molecule has 1 rings (SSSR count). The van der Waals surface area contributed by atoms with E-state index in [1.807, 2.05) is 27.7 Å². The Bertz CT molecular complexity index is 377. The number of carbonyl (C=O) groups is 1. The summed E-state index contributed by atoms with van der Waals surface area (Å²) in [5, 5.41) is 18.3. The highest BCUT2D eigenvalue weighted by atomic mass is 16.3. The number of H-pyrrole nitrogens is 1. The molecule has 0 unspecified atom stereocenters. The van der Waals surface area contributed by atoms with Gasteiger partial charge in [0, 0.05) is 5.41 Å². The van der Waals surface area contributed by atoms with E-state index >= 15 is 0 Å². The number of nitrogens with one attached hydrogen (secondary N) is 2. The van der Waals surface area contributed by atoms with Crippen molar-refractivity contribution in [1.82, 2.24) is 20.5 Å². The SMILES string of the molecule is CC[C@H](CO)NC(=O)c1n[nH]c(C(C)(C)C)n1. The number of aromatic amines is 1. The molecule has 0 aliphatic rings. The minimum Gasteiger partial charge on any atom is -0.394 e. The van der Waals surface area contributed by atoms with Crippen molar-refractivity contribution in [1.29, 1.82) is 0 Å². The van der Waals surface area contributed by atoms with E-state index < -0.39 is 0 Å². The van der Waals surface area contributed by atoms with Crippen molar-refractivity contribution < 1.29 is 9.90 Å². The Labute approximate surface area is 101 Å². The molecule has 1 atom stereocenters. The van der Waals surface area contributed by atoms with E-state index in [4.69, 9.17) is 5.11 Å². The first-order chi connectivity index (χ1) is 7.88. The summed E-state index contributed by atoms with van der Waals surface area (Å²) in [7, 11) is 0. The molecule has 96 valence electrons. The van der Waals surface area contributed by atoms with Gasteiger partial charge in [-0.05, 0) is 6.42 Å². The van der Waals surface area contributed by atoms with Crippen LogP contribution in [0.3, 0.4) is 0 Å². The lowest BCUT2D eigenvalue weighted by atomic mass is 9.96. The fourth-order valence-corrected chi connectivity index (χ4v) is 1.23. The van der Waals surface area contributed by atoms with Gasteiger partial charge in [0.05, 0.1) is 12.6 Å². The number of aromatic nitrogens is 3. The molecule has 1 aromatic rings. The molecule has 6 heteroatoms. The number of amides is 1. The number of aliphatic hydroxyl groups excluding tert-OH is 1. The van der Waals surface area contributed by atoms with Gasteiger partial charge in [0.1, 0.15) is 5.82 Å². The van der Waals surface area contributed by atoms with Crippen LogP contribution in [-0.2, 0) is 5.41 Å². The van der Waals surface area contributed by atoms with Crippen molar-refractivity contribution in [3.8, 4) is 0 Å². The fourth-order valence-electron chi connectivity index (χ4n) is 1.23. The average molecular weight is 240 g/mol. The normalized spacial score (nSPS) is 13.5. The summed E-state index contributed by atoms with van der Waals surface area (Å²) < 4.78 is 0. The highest BCUT2D eigenvalue weighted by Gasteiger charge is 2.22. The molecule has 0 bridgehead atoms. The van der Waals surface area contributed by atoms with E-state index in [1.54, 1.807) is 0 Å². The van der Waals surface area contributed by atoms with Gasteiger partial charge in [-0.3, -0.25) is 9.89 Å². The van der Waals surface area contributed by atoms with Crippen LogP contribution in [0.25, 0.3) is 0 Å². The van der Waals surface area contributed by atoms with Gasteiger partial charge < -0.3 is 10.4 Å². The van der Waals surface area contributed by atoms with Crippen molar-refractivity contribution in [2.24, 2.45) is 0 Å². The van der Waals surface area contributed by atoms with Gasteiger partial charge in [0.2, 0.25) is 5.82 Å². The molecule has 0 radical (unpaired) electrons. The van der Waals surface area contributed by atoms with Gasteiger partial charge in [0.25, 0.3) is 5.91 Å². The number of aliphatic hydroxyl groups is 1. The predicted molar refractivity (Wildman–Crippen MR) is 63.7 cm³/mol. The predicted octanol–water partition coefficient (Wildman–Crippen LogP) is 0.603. The summed E-state index contributed by atoms with van der Waals surface area (Å²) in [5.74, 6) is 0.416. The first kappa shape index (κ1) is 13.6. The van der Waals surface area contributed by atoms with E-state index in [0.29, 0.717) is 12.2 Å². The molecule has 6 nitrogen and oxygen atoms in total. The maximum Gasteiger partial charge on any atom is 0.291 e. The Hall–Kier alpha value is -1.43. The average Bonchev–Trinajstić information content (AvgIpc) is 2.74. The van der Waals surface area contributed by atoms with E-state index in [-0.39, 0.29) is 29.8 Å². The highest BCUT2D eigenvalue weighted by Crippen LogP contribution is 2.17. The van der Waals surface area contributed by atoms with Gasteiger partial charge in [-0.1, -0.05) is 27.7 Å². The summed E-state index contributed by atoms with van der Waals surface area (Å²) >= 11 is 0. The molecule has 0 fully saturated rings. The fraction of sp³-hybridized carbons (Fsp3) is 0.727. The standard InChI is InChI=1S/C11H20N4O2/c1-5-7(6-16)12-9(17)8-13-10(15-14-8)11(2,3)4/h7,16H,5-6H2,1-4H3,(H,12,17)(H,13,14,15)/t7-/m1/s1. The molecular weight excluding hydrogens is 220 g/mol. The molecular formula is C11H20N4O2. The van der Waals surface area contributed by atoms with Crippen LogP contribution in [0, 0.1) is 0 Å². The summed E-state index contributed by atoms with van der Waals surface area (Å²) in [5.41, 5.74) is -0.174. The Kier molecular flexibility index (Phi) is 4.22. The van der Waals surface area contributed by atoms with Crippen molar-refractivity contribution in [2.45, 2.75) is 45.6 Å². The smallest absolute Gasteiger partial charge is 0.291 e. The topological polar surface area (TPSA) is 90.9 Å². The number of carbonyl (C=O) groups excluding carboxylic acids is 1. The van der Waals surface area contributed by atoms with Crippen LogP contribution in [0.1, 0.15) is 50.6 Å². The second-order valence-electron chi connectivity index (χ2n) is 5.02. The maximum absolute atomic E-state index is 11.7. The Balaban J connectivity index is 2.74. The summed E-state index contributed by atoms with van der Waals surface area (Å²) in [6, 6.07) is -0.251. The van der Waals surface area contributed by atoms with Gasteiger partial charge in [-0.2, -0.15) is 0 Å². The van der Waals surface area contributed by atoms with Crippen molar-refractivity contribution in [2.75, 3.05) is 6.61 Å². The molecule has 0 aromatic carbocycles. The lowest BCUT2D eigenvalue weighted by Crippen LogP contribution is -2.37. The van der Waals surface area contributed by atoms with Crippen LogP contribution in [0.2, 0.25) is 0 Å². The zero-order valence-electron chi connectivity index (χ0n) is 10.7. The van der Waals surface area contributed by atoms with Crippen molar-refractivity contribution in [3.05, 3.63) is 11.6 Å². The van der Waals surface area contributed by atoms with Crippen LogP contribution in [0.5, 0.6) is 0 Å². The van der Waals surface area contributed by atoms with Gasteiger partial charge in [-0.25, -0.2) is 4.98 Å². The van der Waals surface area contributed by atoms with Crippen molar-refractivity contribution in [3.63, 3.8) is 0 Å². The van der Waals surface area contributed by atoms with E-state index in [1.165, 1.54) is 0 Å². The molecule has 0 aliphatic carbocycles. The summed E-state index contributed by atoms with van der Waals surface area (Å²) in [6.45, 7) is 7.76. The quantitative estimate of drug-likeness (QED) is 0.719. The zero-order valence-corrected chi connectivity index (χ0v) is 10.7. The molecule has 1 amide bonds. The molecule has 1 aromatic heterocycles. The van der Waals surface area contributed by atoms with Crippen LogP contribution >= 0.6 is 0 Å². The van der Waals surface area contributed by atoms with E-state index in [0.717, 1.165) is 0 Å². The monoisotopic (exact) mass is 240 g/mol. The highest BCUT2D eigenvalue weighted by molar-refractivity contribution is 5.90. The van der Waals surface area contributed by atoms with Gasteiger partial charge in [0.15, 0.2) is 0 Å². The number of hydrogen-bond donors (Lipinski definition) is 3. The van der Waals surface area contributed by atoms with E-state index in [2.05, 4.69) is 20.5 Å². The third-order valence-corrected chi connectivity index (χ3v) is 2.45. The molecule has 1 heterocycles.